The molecule has 0 amide bonds. The fraction of sp³-hybridized carbons (Fsp3) is 0.333. The third kappa shape index (κ3) is 2.95. The Hall–Kier alpha value is -1.24. The van der Waals surface area contributed by atoms with E-state index in [0.29, 0.717) is 6.42 Å². The molecule has 1 atom stereocenters. The molecule has 1 aromatic carbocycles. The average molecular weight is 310 g/mol. The van der Waals surface area contributed by atoms with Gasteiger partial charge in [0, 0.05) is 17.4 Å². The molecule has 0 fully saturated rings. The summed E-state index contributed by atoms with van der Waals surface area (Å²) in [6, 6.07) is 8.11. The Bertz CT molecular complexity index is 511. The van der Waals surface area contributed by atoms with Gasteiger partial charge in [0.15, 0.2) is 0 Å². The first-order chi connectivity index (χ1) is 8.74. The molecular weight excluding hydrogens is 294 g/mol. The van der Waals surface area contributed by atoms with Crippen molar-refractivity contribution in [3.05, 3.63) is 46.5 Å². The highest BCUT2D eigenvalue weighted by Gasteiger charge is 2.14. The van der Waals surface area contributed by atoms with Crippen molar-refractivity contribution in [2.75, 3.05) is 0 Å². The van der Waals surface area contributed by atoms with Crippen molar-refractivity contribution in [2.24, 2.45) is 5.84 Å². The molecule has 18 heavy (non-hydrogen) atoms. The molecule has 0 aliphatic rings. The molecule has 1 unspecified atom stereocenters. The molecule has 2 rings (SSSR count). The number of halogens is 1. The van der Waals surface area contributed by atoms with Crippen LogP contribution in [0.2, 0.25) is 0 Å². The lowest BCUT2D eigenvalue weighted by atomic mass is 10.0. The molecule has 96 valence electrons. The van der Waals surface area contributed by atoms with Gasteiger partial charge in [-0.1, -0.05) is 28.1 Å². The lowest BCUT2D eigenvalue weighted by molar-refractivity contribution is 0.510. The number of hydrogen-bond acceptors (Lipinski definition) is 4. The minimum atomic E-state index is 0.0250. The van der Waals surface area contributed by atoms with Gasteiger partial charge in [0.05, 0.1) is 6.04 Å². The van der Waals surface area contributed by atoms with E-state index in [0.717, 1.165) is 22.4 Å². The molecule has 1 heterocycles. The van der Waals surface area contributed by atoms with Crippen molar-refractivity contribution in [3.8, 4) is 0 Å². The summed E-state index contributed by atoms with van der Waals surface area (Å²) in [5, 5.41) is 4.16. The number of rotatable bonds is 5. The van der Waals surface area contributed by atoms with Gasteiger partial charge < -0.3 is 0 Å². The fourth-order valence-electron chi connectivity index (χ4n) is 1.89. The van der Waals surface area contributed by atoms with Gasteiger partial charge in [-0.05, 0) is 24.6 Å². The Morgan fingerprint density at radius 2 is 2.33 bits per heavy atom. The molecule has 6 heteroatoms. The standard InChI is InChI=1S/C12H16BrN5/c1-2-18-12(15-8-16-18)7-11(17-14)9-4-3-5-10(13)6-9/h3-6,8,11,17H,2,7,14H2,1H3. The predicted octanol–water partition coefficient (Wildman–Crippen LogP) is 1.81. The maximum atomic E-state index is 5.64. The van der Waals surface area contributed by atoms with Crippen LogP contribution in [0.1, 0.15) is 24.4 Å². The van der Waals surface area contributed by atoms with Crippen molar-refractivity contribution in [1.82, 2.24) is 20.2 Å². The molecule has 0 bridgehead atoms. The van der Waals surface area contributed by atoms with Crippen LogP contribution < -0.4 is 11.3 Å². The van der Waals surface area contributed by atoms with Gasteiger partial charge >= 0.3 is 0 Å². The van der Waals surface area contributed by atoms with Crippen molar-refractivity contribution in [1.29, 1.82) is 0 Å². The van der Waals surface area contributed by atoms with E-state index in [-0.39, 0.29) is 6.04 Å². The molecule has 0 aliphatic carbocycles. The number of nitrogens with zero attached hydrogens (tertiary/aromatic N) is 3. The highest BCUT2D eigenvalue weighted by molar-refractivity contribution is 9.10. The molecule has 3 N–H and O–H groups in total. The first-order valence-electron chi connectivity index (χ1n) is 5.83. The van der Waals surface area contributed by atoms with Crippen molar-refractivity contribution in [2.45, 2.75) is 25.9 Å². The molecule has 0 spiro atoms. The number of nitrogens with two attached hydrogens (primary N) is 1. The summed E-state index contributed by atoms with van der Waals surface area (Å²) in [4.78, 5) is 4.27. The first-order valence-corrected chi connectivity index (χ1v) is 6.62. The highest BCUT2D eigenvalue weighted by Crippen LogP contribution is 2.20. The number of hydrogen-bond donors (Lipinski definition) is 2. The van der Waals surface area contributed by atoms with Crippen LogP contribution >= 0.6 is 15.9 Å². The number of aromatic nitrogens is 3. The Balaban J connectivity index is 2.20. The van der Waals surface area contributed by atoms with Crippen molar-refractivity contribution in [3.63, 3.8) is 0 Å². The number of benzene rings is 1. The Kier molecular flexibility index (Phi) is 4.46. The Morgan fingerprint density at radius 3 is 3.00 bits per heavy atom. The van der Waals surface area contributed by atoms with Gasteiger partial charge in [0.2, 0.25) is 0 Å². The highest BCUT2D eigenvalue weighted by atomic mass is 79.9. The van der Waals surface area contributed by atoms with Gasteiger partial charge in [-0.25, -0.2) is 4.98 Å². The summed E-state index contributed by atoms with van der Waals surface area (Å²) in [6.45, 7) is 2.85. The first kappa shape index (κ1) is 13.2. The van der Waals surface area contributed by atoms with E-state index in [1.54, 1.807) is 6.33 Å². The maximum absolute atomic E-state index is 5.64. The van der Waals surface area contributed by atoms with E-state index >= 15 is 0 Å². The molecule has 0 radical (unpaired) electrons. The summed E-state index contributed by atoms with van der Waals surface area (Å²) in [6.07, 6.45) is 2.29. The average Bonchev–Trinajstić information content (AvgIpc) is 2.83. The van der Waals surface area contributed by atoms with Crippen LogP contribution in [0.15, 0.2) is 35.1 Å². The van der Waals surface area contributed by atoms with Gasteiger partial charge in [0.1, 0.15) is 12.2 Å². The number of hydrazine groups is 1. The van der Waals surface area contributed by atoms with E-state index in [9.17, 15) is 0 Å². The molecule has 2 aromatic rings. The van der Waals surface area contributed by atoms with Crippen LogP contribution in [-0.2, 0) is 13.0 Å². The summed E-state index contributed by atoms with van der Waals surface area (Å²) < 4.78 is 2.92. The second kappa shape index (κ2) is 6.08. The minimum Gasteiger partial charge on any atom is -0.271 e. The molecule has 0 aliphatic heterocycles. The van der Waals surface area contributed by atoms with E-state index in [1.165, 1.54) is 0 Å². The second-order valence-electron chi connectivity index (χ2n) is 3.97. The molecule has 0 saturated heterocycles. The maximum Gasteiger partial charge on any atom is 0.138 e. The smallest absolute Gasteiger partial charge is 0.138 e. The summed E-state index contributed by atoms with van der Waals surface area (Å²) in [5.74, 6) is 6.57. The van der Waals surface area contributed by atoms with Gasteiger partial charge in [-0.15, -0.1) is 0 Å². The second-order valence-corrected chi connectivity index (χ2v) is 4.89. The van der Waals surface area contributed by atoms with Crippen LogP contribution in [0.4, 0.5) is 0 Å². The summed E-state index contributed by atoms with van der Waals surface area (Å²) in [5.41, 5.74) is 3.96. The summed E-state index contributed by atoms with van der Waals surface area (Å²) >= 11 is 3.46. The lowest BCUT2D eigenvalue weighted by Gasteiger charge is -2.16. The Morgan fingerprint density at radius 1 is 1.50 bits per heavy atom. The normalized spacial score (nSPS) is 12.6. The molecule has 5 nitrogen and oxygen atoms in total. The van der Waals surface area contributed by atoms with Crippen LogP contribution in [0, 0.1) is 0 Å². The quantitative estimate of drug-likeness (QED) is 0.653. The van der Waals surface area contributed by atoms with Gasteiger partial charge in [-0.2, -0.15) is 5.10 Å². The molecular formula is C12H16BrN5. The van der Waals surface area contributed by atoms with Crippen molar-refractivity contribution >= 4 is 15.9 Å². The number of aryl methyl sites for hydroxylation is 1. The predicted molar refractivity (Wildman–Crippen MR) is 73.6 cm³/mol. The Labute approximate surface area is 115 Å². The third-order valence-corrected chi connectivity index (χ3v) is 3.33. The molecule has 1 aromatic heterocycles. The monoisotopic (exact) mass is 309 g/mol. The zero-order chi connectivity index (χ0) is 13.0. The van der Waals surface area contributed by atoms with E-state index in [4.69, 9.17) is 5.84 Å². The molecule has 0 saturated carbocycles. The van der Waals surface area contributed by atoms with E-state index in [1.807, 2.05) is 29.8 Å². The van der Waals surface area contributed by atoms with Crippen LogP contribution in [0.5, 0.6) is 0 Å². The van der Waals surface area contributed by atoms with Crippen LogP contribution in [-0.4, -0.2) is 14.8 Å². The topological polar surface area (TPSA) is 68.8 Å². The zero-order valence-corrected chi connectivity index (χ0v) is 11.8. The van der Waals surface area contributed by atoms with E-state index < -0.39 is 0 Å². The van der Waals surface area contributed by atoms with Gasteiger partial charge in [-0.3, -0.25) is 16.0 Å². The van der Waals surface area contributed by atoms with Crippen LogP contribution in [0.3, 0.4) is 0 Å². The minimum absolute atomic E-state index is 0.0250. The largest absolute Gasteiger partial charge is 0.271 e. The van der Waals surface area contributed by atoms with Crippen molar-refractivity contribution < 1.29 is 0 Å². The third-order valence-electron chi connectivity index (χ3n) is 2.83. The summed E-state index contributed by atoms with van der Waals surface area (Å²) in [7, 11) is 0. The zero-order valence-electron chi connectivity index (χ0n) is 10.2. The fourth-order valence-corrected chi connectivity index (χ4v) is 2.31. The van der Waals surface area contributed by atoms with Crippen LogP contribution in [0.25, 0.3) is 0 Å². The number of nitrogens with one attached hydrogen (secondary N) is 1. The SMILES string of the molecule is CCn1ncnc1CC(NN)c1cccc(Br)c1. The van der Waals surface area contributed by atoms with Gasteiger partial charge in [0.25, 0.3) is 0 Å². The lowest BCUT2D eigenvalue weighted by Crippen LogP contribution is -2.30. The van der Waals surface area contributed by atoms with E-state index in [2.05, 4.69) is 37.5 Å².